The number of aryl methyl sites for hydroxylation is 1. The molecule has 0 aliphatic carbocycles. The normalized spacial score (nSPS) is 18.3. The maximum atomic E-state index is 13.9. The van der Waals surface area contributed by atoms with Crippen LogP contribution in [-0.2, 0) is 9.59 Å². The average molecular weight is 446 g/mol. The molecular formula is C22H14ClF2NO3S. The predicted octanol–water partition coefficient (Wildman–Crippen LogP) is 5.61. The molecule has 0 radical (unpaired) electrons. The van der Waals surface area contributed by atoms with E-state index >= 15 is 0 Å². The lowest BCUT2D eigenvalue weighted by atomic mass is 9.98. The molecule has 1 unspecified atom stereocenters. The first kappa shape index (κ1) is 20.3. The van der Waals surface area contributed by atoms with Crippen molar-refractivity contribution in [1.29, 1.82) is 0 Å². The van der Waals surface area contributed by atoms with Crippen molar-refractivity contribution in [2.75, 3.05) is 4.90 Å². The zero-order valence-corrected chi connectivity index (χ0v) is 17.1. The molecule has 0 bridgehead atoms. The zero-order valence-electron chi connectivity index (χ0n) is 15.5. The van der Waals surface area contributed by atoms with Gasteiger partial charge in [-0.15, -0.1) is 11.3 Å². The van der Waals surface area contributed by atoms with E-state index in [9.17, 15) is 23.5 Å². The third-order valence-electron chi connectivity index (χ3n) is 4.89. The molecule has 30 heavy (non-hydrogen) atoms. The fourth-order valence-corrected chi connectivity index (χ4v) is 4.56. The van der Waals surface area contributed by atoms with E-state index < -0.39 is 29.4 Å². The summed E-state index contributed by atoms with van der Waals surface area (Å²) < 4.78 is 27.3. The van der Waals surface area contributed by atoms with Gasteiger partial charge in [0.15, 0.2) is 11.6 Å². The average Bonchev–Trinajstić information content (AvgIpc) is 3.25. The van der Waals surface area contributed by atoms with Gasteiger partial charge in [0.25, 0.3) is 11.7 Å². The van der Waals surface area contributed by atoms with Gasteiger partial charge in [-0.3, -0.25) is 14.5 Å². The van der Waals surface area contributed by atoms with Crippen LogP contribution in [0.15, 0.2) is 59.5 Å². The Morgan fingerprint density at radius 1 is 1.07 bits per heavy atom. The van der Waals surface area contributed by atoms with Gasteiger partial charge in [-0.25, -0.2) is 8.78 Å². The molecule has 1 aliphatic rings. The van der Waals surface area contributed by atoms with Gasteiger partial charge in [0, 0.05) is 27.2 Å². The lowest BCUT2D eigenvalue weighted by molar-refractivity contribution is -0.132. The molecule has 0 saturated carbocycles. The van der Waals surface area contributed by atoms with Crippen molar-refractivity contribution in [2.45, 2.75) is 13.0 Å². The smallest absolute Gasteiger partial charge is 0.300 e. The van der Waals surface area contributed by atoms with Gasteiger partial charge < -0.3 is 5.11 Å². The Morgan fingerprint density at radius 2 is 1.77 bits per heavy atom. The summed E-state index contributed by atoms with van der Waals surface area (Å²) in [6.07, 6.45) is 0. The lowest BCUT2D eigenvalue weighted by Crippen LogP contribution is -2.29. The molecule has 1 saturated heterocycles. The van der Waals surface area contributed by atoms with Crippen molar-refractivity contribution in [1.82, 2.24) is 0 Å². The number of ketones is 1. The van der Waals surface area contributed by atoms with Crippen molar-refractivity contribution < 1.29 is 23.5 Å². The van der Waals surface area contributed by atoms with Crippen LogP contribution >= 0.6 is 22.9 Å². The summed E-state index contributed by atoms with van der Waals surface area (Å²) in [5, 5.41) is 13.2. The van der Waals surface area contributed by atoms with Crippen LogP contribution in [0.2, 0.25) is 5.02 Å². The molecular weight excluding hydrogens is 432 g/mol. The number of aliphatic hydroxyl groups is 1. The Bertz CT molecular complexity index is 1200. The number of hydrogen-bond donors (Lipinski definition) is 1. The van der Waals surface area contributed by atoms with Crippen LogP contribution in [0.1, 0.15) is 22.0 Å². The van der Waals surface area contributed by atoms with E-state index in [4.69, 9.17) is 11.6 Å². The van der Waals surface area contributed by atoms with Gasteiger partial charge in [0.1, 0.15) is 11.8 Å². The molecule has 152 valence electrons. The number of carbonyl (C=O) groups is 2. The summed E-state index contributed by atoms with van der Waals surface area (Å²) in [5.74, 6) is -4.43. The molecule has 1 fully saturated rings. The van der Waals surface area contributed by atoms with Crippen molar-refractivity contribution in [3.8, 4) is 0 Å². The molecule has 2 heterocycles. The minimum atomic E-state index is -1.14. The SMILES string of the molecule is Cc1ccsc1C1/C(=C(/O)c2ccc(Cl)cc2)C(=O)C(=O)N1c1ccc(F)c(F)c1. The van der Waals surface area contributed by atoms with Crippen LogP contribution in [0, 0.1) is 18.6 Å². The Balaban J connectivity index is 1.95. The van der Waals surface area contributed by atoms with E-state index in [-0.39, 0.29) is 17.0 Å². The van der Waals surface area contributed by atoms with Gasteiger partial charge in [-0.1, -0.05) is 11.6 Å². The number of benzene rings is 2. The molecule has 8 heteroatoms. The summed E-state index contributed by atoms with van der Waals surface area (Å²) in [7, 11) is 0. The van der Waals surface area contributed by atoms with E-state index in [1.807, 2.05) is 6.07 Å². The quantitative estimate of drug-likeness (QED) is 0.323. The number of aliphatic hydroxyl groups excluding tert-OH is 1. The third-order valence-corrected chi connectivity index (χ3v) is 6.22. The summed E-state index contributed by atoms with van der Waals surface area (Å²) in [5.41, 5.74) is 0.991. The maximum Gasteiger partial charge on any atom is 0.300 e. The second-order valence-corrected chi connectivity index (χ2v) is 8.13. The summed E-state index contributed by atoms with van der Waals surface area (Å²) in [6, 6.07) is 9.96. The van der Waals surface area contributed by atoms with E-state index in [2.05, 4.69) is 0 Å². The standard InChI is InChI=1S/C22H14ClF2NO3S/c1-11-8-9-30-21(11)18-17(19(27)12-2-4-13(23)5-3-12)20(28)22(29)26(18)14-6-7-15(24)16(25)10-14/h2-10,18,27H,1H3/b19-17-. The van der Waals surface area contributed by atoms with Gasteiger partial charge in [-0.05, 0) is 60.3 Å². The minimum absolute atomic E-state index is 0.0176. The third kappa shape index (κ3) is 3.30. The molecule has 1 amide bonds. The molecule has 2 aromatic carbocycles. The van der Waals surface area contributed by atoms with Crippen molar-refractivity contribution >= 4 is 46.1 Å². The zero-order chi connectivity index (χ0) is 21.6. The minimum Gasteiger partial charge on any atom is -0.507 e. The van der Waals surface area contributed by atoms with Crippen LogP contribution in [0.4, 0.5) is 14.5 Å². The first-order valence-corrected chi connectivity index (χ1v) is 10.1. The Kier molecular flexibility index (Phi) is 5.17. The number of amides is 1. The van der Waals surface area contributed by atoms with Crippen LogP contribution in [0.3, 0.4) is 0 Å². The van der Waals surface area contributed by atoms with E-state index in [1.165, 1.54) is 29.5 Å². The number of rotatable bonds is 3. The molecule has 1 aromatic heterocycles. The molecule has 1 aliphatic heterocycles. The number of thiophene rings is 1. The number of anilines is 1. The van der Waals surface area contributed by atoms with E-state index in [0.29, 0.717) is 15.5 Å². The van der Waals surface area contributed by atoms with Crippen molar-refractivity contribution in [3.63, 3.8) is 0 Å². The van der Waals surface area contributed by atoms with Crippen LogP contribution in [-0.4, -0.2) is 16.8 Å². The highest BCUT2D eigenvalue weighted by atomic mass is 35.5. The summed E-state index contributed by atoms with van der Waals surface area (Å²) in [4.78, 5) is 27.6. The largest absolute Gasteiger partial charge is 0.507 e. The molecule has 3 aromatic rings. The summed E-state index contributed by atoms with van der Waals surface area (Å²) in [6.45, 7) is 1.81. The number of carbonyl (C=O) groups excluding carboxylic acids is 2. The molecule has 1 atom stereocenters. The lowest BCUT2D eigenvalue weighted by Gasteiger charge is -2.25. The second kappa shape index (κ2) is 7.66. The monoisotopic (exact) mass is 445 g/mol. The first-order chi connectivity index (χ1) is 14.3. The number of nitrogens with zero attached hydrogens (tertiary/aromatic N) is 1. The van der Waals surface area contributed by atoms with Gasteiger partial charge in [0.2, 0.25) is 0 Å². The van der Waals surface area contributed by atoms with E-state index in [1.54, 1.807) is 24.4 Å². The highest BCUT2D eigenvalue weighted by Crippen LogP contribution is 2.45. The molecule has 4 nitrogen and oxygen atoms in total. The van der Waals surface area contributed by atoms with Gasteiger partial charge >= 0.3 is 0 Å². The van der Waals surface area contributed by atoms with Gasteiger partial charge in [-0.2, -0.15) is 0 Å². The Morgan fingerprint density at radius 3 is 2.37 bits per heavy atom. The Labute approximate surface area is 179 Å². The highest BCUT2D eigenvalue weighted by Gasteiger charge is 2.48. The maximum absolute atomic E-state index is 13.9. The highest BCUT2D eigenvalue weighted by molar-refractivity contribution is 7.10. The number of halogens is 3. The predicted molar refractivity (Wildman–Crippen MR) is 112 cm³/mol. The number of Topliss-reactive ketones (excluding diaryl/α,β-unsaturated/α-hetero) is 1. The fourth-order valence-electron chi connectivity index (χ4n) is 3.41. The first-order valence-electron chi connectivity index (χ1n) is 8.85. The van der Waals surface area contributed by atoms with Crippen LogP contribution < -0.4 is 4.90 Å². The second-order valence-electron chi connectivity index (χ2n) is 6.74. The fraction of sp³-hybridized carbons (Fsp3) is 0.0909. The topological polar surface area (TPSA) is 57.6 Å². The van der Waals surface area contributed by atoms with Crippen LogP contribution in [0.5, 0.6) is 0 Å². The van der Waals surface area contributed by atoms with Gasteiger partial charge in [0.05, 0.1) is 5.57 Å². The van der Waals surface area contributed by atoms with E-state index in [0.717, 1.165) is 22.6 Å². The summed E-state index contributed by atoms with van der Waals surface area (Å²) >= 11 is 7.19. The molecule has 1 N–H and O–H groups in total. The molecule has 4 rings (SSSR count). The number of hydrogen-bond acceptors (Lipinski definition) is 4. The van der Waals surface area contributed by atoms with Crippen molar-refractivity contribution in [2.24, 2.45) is 0 Å². The Hall–Kier alpha value is -3.03. The van der Waals surface area contributed by atoms with Crippen LogP contribution in [0.25, 0.3) is 5.76 Å². The van der Waals surface area contributed by atoms with Crippen molar-refractivity contribution in [3.05, 3.63) is 92.1 Å². The molecule has 0 spiro atoms.